The number of carbonyl (C=O) groups is 2. The average molecular weight is 395 g/mol. The third-order valence-electron chi connectivity index (χ3n) is 5.89. The summed E-state index contributed by atoms with van der Waals surface area (Å²) in [6.45, 7) is 1.16. The minimum atomic E-state index is -0.156. The van der Waals surface area contributed by atoms with Crippen molar-refractivity contribution in [3.63, 3.8) is 0 Å². The van der Waals surface area contributed by atoms with Gasteiger partial charge in [0.2, 0.25) is 0 Å². The Morgan fingerprint density at radius 3 is 2.56 bits per heavy atom. The highest BCUT2D eigenvalue weighted by Gasteiger charge is 2.36. The van der Waals surface area contributed by atoms with E-state index in [1.165, 1.54) is 12.8 Å². The number of nitrogens with zero attached hydrogens (tertiary/aromatic N) is 2. The smallest absolute Gasteiger partial charge is 0.322 e. The molecule has 3 amide bonds. The fraction of sp³-hybridized carbons (Fsp3) is 0.579. The summed E-state index contributed by atoms with van der Waals surface area (Å²) < 4.78 is 5.40. The van der Waals surface area contributed by atoms with Crippen molar-refractivity contribution in [3.8, 4) is 5.75 Å². The lowest BCUT2D eigenvalue weighted by Crippen LogP contribution is -2.48. The van der Waals surface area contributed by atoms with Crippen LogP contribution in [0.15, 0.2) is 18.2 Å². The Bertz CT molecular complexity index is 717. The Balaban J connectivity index is 0.00000210. The van der Waals surface area contributed by atoms with E-state index in [0.29, 0.717) is 42.2 Å². The van der Waals surface area contributed by atoms with E-state index in [4.69, 9.17) is 4.74 Å². The van der Waals surface area contributed by atoms with E-state index in [9.17, 15) is 9.59 Å². The lowest BCUT2D eigenvalue weighted by molar-refractivity contribution is 0.0681. The van der Waals surface area contributed by atoms with Crippen molar-refractivity contribution in [1.82, 2.24) is 15.5 Å². The van der Waals surface area contributed by atoms with E-state index in [1.807, 2.05) is 11.9 Å². The number of methoxy groups -OCH3 is 1. The van der Waals surface area contributed by atoms with E-state index >= 15 is 0 Å². The molecule has 2 bridgehead atoms. The van der Waals surface area contributed by atoms with E-state index in [0.717, 1.165) is 12.8 Å². The number of carbonyl (C=O) groups excluding carboxylic acids is 2. The van der Waals surface area contributed by atoms with Crippen LogP contribution in [0, 0.1) is 0 Å². The molecule has 3 fully saturated rings. The molecule has 0 spiro atoms. The molecule has 2 N–H and O–H groups in total. The van der Waals surface area contributed by atoms with Gasteiger partial charge in [0.1, 0.15) is 5.75 Å². The Labute approximate surface area is 165 Å². The molecule has 7 nitrogen and oxygen atoms in total. The van der Waals surface area contributed by atoms with Crippen molar-refractivity contribution in [2.45, 2.75) is 43.8 Å². The lowest BCUT2D eigenvalue weighted by Gasteiger charge is -2.35. The Hall–Kier alpha value is -1.99. The maximum atomic E-state index is 13.1. The molecule has 0 aromatic heterocycles. The number of benzene rings is 1. The number of ether oxygens (including phenoxy) is 1. The molecule has 27 heavy (non-hydrogen) atoms. The molecule has 3 aliphatic heterocycles. The van der Waals surface area contributed by atoms with Crippen LogP contribution < -0.4 is 20.3 Å². The van der Waals surface area contributed by atoms with Crippen molar-refractivity contribution in [2.24, 2.45) is 0 Å². The molecule has 148 valence electrons. The topological polar surface area (TPSA) is 73.9 Å². The predicted molar refractivity (Wildman–Crippen MR) is 106 cm³/mol. The largest absolute Gasteiger partial charge is 0.495 e. The monoisotopic (exact) mass is 394 g/mol. The Morgan fingerprint density at radius 1 is 1.26 bits per heavy atom. The summed E-state index contributed by atoms with van der Waals surface area (Å²) in [6.07, 6.45) is 4.44. The van der Waals surface area contributed by atoms with Crippen LogP contribution in [0.5, 0.6) is 5.75 Å². The number of rotatable bonds is 4. The zero-order valence-corrected chi connectivity index (χ0v) is 16.6. The molecule has 1 aromatic rings. The molecule has 3 saturated heterocycles. The van der Waals surface area contributed by atoms with Gasteiger partial charge in [0.25, 0.3) is 5.91 Å². The number of hydrogen-bond donors (Lipinski definition) is 2. The SMILES string of the molecule is COc1ccc(C(=O)N(C)C2CC3CCC(C2)N3)cc1N1CCNC1=O.Cl. The summed E-state index contributed by atoms with van der Waals surface area (Å²) in [6, 6.07) is 6.51. The van der Waals surface area contributed by atoms with Gasteiger partial charge in [-0.25, -0.2) is 4.79 Å². The lowest BCUT2D eigenvalue weighted by atomic mass is 9.98. The third kappa shape index (κ3) is 3.71. The Morgan fingerprint density at radius 2 is 1.96 bits per heavy atom. The number of halogens is 1. The standard InChI is InChI=1S/C19H26N4O3.ClH/c1-22(15-10-13-4-5-14(11-15)21-13)18(24)12-3-6-17(26-2)16(9-12)23-8-7-20-19(23)25;/h3,6,9,13-15,21H,4-5,7-8,10-11H2,1-2H3,(H,20,25);1H. The molecule has 0 saturated carbocycles. The maximum Gasteiger partial charge on any atom is 0.322 e. The minimum absolute atomic E-state index is 0. The van der Waals surface area contributed by atoms with Gasteiger partial charge in [-0.3, -0.25) is 9.69 Å². The van der Waals surface area contributed by atoms with E-state index in [2.05, 4.69) is 10.6 Å². The van der Waals surface area contributed by atoms with Gasteiger partial charge in [0, 0.05) is 43.8 Å². The molecule has 8 heteroatoms. The van der Waals surface area contributed by atoms with Crippen LogP contribution in [-0.4, -0.2) is 62.2 Å². The number of nitrogens with one attached hydrogen (secondary N) is 2. The van der Waals surface area contributed by atoms with Gasteiger partial charge in [-0.15, -0.1) is 12.4 Å². The minimum Gasteiger partial charge on any atom is -0.495 e. The quantitative estimate of drug-likeness (QED) is 0.819. The van der Waals surface area contributed by atoms with Crippen LogP contribution in [0.1, 0.15) is 36.0 Å². The van der Waals surface area contributed by atoms with E-state index < -0.39 is 0 Å². The average Bonchev–Trinajstić information content (AvgIpc) is 3.24. The highest BCUT2D eigenvalue weighted by Crippen LogP contribution is 2.33. The number of hydrogen-bond acceptors (Lipinski definition) is 4. The van der Waals surface area contributed by atoms with Crippen LogP contribution in [-0.2, 0) is 0 Å². The zero-order valence-electron chi connectivity index (χ0n) is 15.7. The first-order valence-electron chi connectivity index (χ1n) is 9.33. The maximum absolute atomic E-state index is 13.1. The summed E-state index contributed by atoms with van der Waals surface area (Å²) >= 11 is 0. The van der Waals surface area contributed by atoms with E-state index in [1.54, 1.807) is 30.2 Å². The van der Waals surface area contributed by atoms with Crippen molar-refractivity contribution < 1.29 is 14.3 Å². The van der Waals surface area contributed by atoms with Gasteiger partial charge in [-0.1, -0.05) is 0 Å². The number of fused-ring (bicyclic) bond motifs is 2. The summed E-state index contributed by atoms with van der Waals surface area (Å²) in [5, 5.41) is 6.40. The molecule has 3 aliphatic rings. The molecular formula is C19H27ClN4O3. The molecule has 2 unspecified atom stereocenters. The molecule has 0 aliphatic carbocycles. The summed E-state index contributed by atoms with van der Waals surface area (Å²) in [5.41, 5.74) is 1.24. The van der Waals surface area contributed by atoms with Crippen LogP contribution in [0.4, 0.5) is 10.5 Å². The van der Waals surface area contributed by atoms with Gasteiger partial charge in [0.05, 0.1) is 12.8 Å². The van der Waals surface area contributed by atoms with Crippen LogP contribution in [0.2, 0.25) is 0 Å². The van der Waals surface area contributed by atoms with Gasteiger partial charge in [-0.05, 0) is 43.9 Å². The van der Waals surface area contributed by atoms with Crippen molar-refractivity contribution in [1.29, 1.82) is 0 Å². The Kier molecular flexibility index (Phi) is 5.81. The number of piperidine rings is 1. The molecular weight excluding hydrogens is 368 g/mol. The van der Waals surface area contributed by atoms with Crippen LogP contribution >= 0.6 is 12.4 Å². The first-order valence-corrected chi connectivity index (χ1v) is 9.33. The van der Waals surface area contributed by atoms with Crippen LogP contribution in [0.3, 0.4) is 0 Å². The summed E-state index contributed by atoms with van der Waals surface area (Å²) in [7, 11) is 3.47. The second-order valence-electron chi connectivity index (χ2n) is 7.45. The first kappa shape index (κ1) is 19.8. The highest BCUT2D eigenvalue weighted by atomic mass is 35.5. The van der Waals surface area contributed by atoms with Crippen molar-refractivity contribution in [2.75, 3.05) is 32.1 Å². The van der Waals surface area contributed by atoms with Gasteiger partial charge in [-0.2, -0.15) is 0 Å². The summed E-state index contributed by atoms with van der Waals surface area (Å²) in [4.78, 5) is 28.6. The first-order chi connectivity index (χ1) is 12.6. The van der Waals surface area contributed by atoms with E-state index in [-0.39, 0.29) is 30.4 Å². The zero-order chi connectivity index (χ0) is 18.3. The van der Waals surface area contributed by atoms with Crippen molar-refractivity contribution >= 4 is 30.0 Å². The fourth-order valence-electron chi connectivity index (χ4n) is 4.45. The highest BCUT2D eigenvalue weighted by molar-refractivity contribution is 6.00. The second kappa shape index (κ2) is 7.94. The van der Waals surface area contributed by atoms with Gasteiger partial charge < -0.3 is 20.3 Å². The van der Waals surface area contributed by atoms with Gasteiger partial charge >= 0.3 is 6.03 Å². The fourth-order valence-corrected chi connectivity index (χ4v) is 4.45. The van der Waals surface area contributed by atoms with Crippen molar-refractivity contribution in [3.05, 3.63) is 23.8 Å². The normalized spacial score (nSPS) is 26.4. The number of anilines is 1. The molecule has 1 aromatic carbocycles. The third-order valence-corrected chi connectivity index (χ3v) is 5.89. The second-order valence-corrected chi connectivity index (χ2v) is 7.45. The summed E-state index contributed by atoms with van der Waals surface area (Å²) in [5.74, 6) is 0.598. The molecule has 4 rings (SSSR count). The molecule has 3 heterocycles. The molecule has 0 radical (unpaired) electrons. The predicted octanol–water partition coefficient (Wildman–Crippen LogP) is 2.00. The molecule has 2 atom stereocenters. The van der Waals surface area contributed by atoms with Gasteiger partial charge in [0.15, 0.2) is 0 Å². The number of urea groups is 1. The van der Waals surface area contributed by atoms with Crippen LogP contribution in [0.25, 0.3) is 0 Å². The number of amides is 3.